The zero-order chi connectivity index (χ0) is 19.6. The number of aromatic carboxylic acids is 1. The number of amides is 1. The molecule has 0 aliphatic heterocycles. The van der Waals surface area contributed by atoms with E-state index in [1.54, 1.807) is 24.3 Å². The van der Waals surface area contributed by atoms with Gasteiger partial charge in [-0.25, -0.2) is 9.18 Å². The number of rotatable bonds is 4. The van der Waals surface area contributed by atoms with Crippen LogP contribution in [-0.4, -0.2) is 17.0 Å². The van der Waals surface area contributed by atoms with Crippen molar-refractivity contribution in [2.45, 2.75) is 0 Å². The molecule has 1 amide bonds. The van der Waals surface area contributed by atoms with Gasteiger partial charge in [0.1, 0.15) is 5.82 Å². The molecule has 3 aromatic carbocycles. The number of hydrogen-bond acceptors (Lipinski definition) is 2. The summed E-state index contributed by atoms with van der Waals surface area (Å²) in [6, 6.07) is 14.3. The Morgan fingerprint density at radius 1 is 0.926 bits per heavy atom. The molecule has 3 rings (SSSR count). The average molecular weight is 404 g/mol. The highest BCUT2D eigenvalue weighted by Gasteiger charge is 2.16. The van der Waals surface area contributed by atoms with E-state index < -0.39 is 17.7 Å². The monoisotopic (exact) mass is 403 g/mol. The first-order chi connectivity index (χ1) is 12.8. The summed E-state index contributed by atoms with van der Waals surface area (Å²) in [5.74, 6) is -2.23. The fourth-order valence-corrected chi connectivity index (χ4v) is 3.04. The van der Waals surface area contributed by atoms with E-state index in [1.807, 2.05) is 0 Å². The minimum absolute atomic E-state index is 0.0840. The summed E-state index contributed by atoms with van der Waals surface area (Å²) < 4.78 is 13.0. The molecule has 4 nitrogen and oxygen atoms in total. The maximum absolute atomic E-state index is 13.0. The van der Waals surface area contributed by atoms with Crippen molar-refractivity contribution >= 4 is 40.8 Å². The highest BCUT2D eigenvalue weighted by atomic mass is 35.5. The lowest BCUT2D eigenvalue weighted by Gasteiger charge is -2.12. The van der Waals surface area contributed by atoms with E-state index in [4.69, 9.17) is 23.2 Å². The summed E-state index contributed by atoms with van der Waals surface area (Å²) in [7, 11) is 0. The molecular weight excluding hydrogens is 392 g/mol. The van der Waals surface area contributed by atoms with Crippen molar-refractivity contribution in [3.05, 3.63) is 87.7 Å². The lowest BCUT2D eigenvalue weighted by molar-refractivity contribution is 0.0698. The lowest BCUT2D eigenvalue weighted by atomic mass is 10.0. The van der Waals surface area contributed by atoms with E-state index in [2.05, 4.69) is 5.32 Å². The smallest absolute Gasteiger partial charge is 0.337 e. The molecule has 0 atom stereocenters. The molecule has 0 saturated carbocycles. The highest BCUT2D eigenvalue weighted by molar-refractivity contribution is 6.36. The summed E-state index contributed by atoms with van der Waals surface area (Å²) in [5.41, 5.74) is 1.45. The normalized spacial score (nSPS) is 10.5. The van der Waals surface area contributed by atoms with Crippen LogP contribution in [0, 0.1) is 5.82 Å². The van der Waals surface area contributed by atoms with Gasteiger partial charge in [-0.3, -0.25) is 4.79 Å². The van der Waals surface area contributed by atoms with E-state index >= 15 is 0 Å². The molecule has 0 aliphatic rings. The van der Waals surface area contributed by atoms with Crippen LogP contribution in [0.5, 0.6) is 0 Å². The van der Waals surface area contributed by atoms with Crippen LogP contribution in [0.3, 0.4) is 0 Å². The fraction of sp³-hybridized carbons (Fsp3) is 0. The lowest BCUT2D eigenvalue weighted by Crippen LogP contribution is -2.15. The second-order valence-electron chi connectivity index (χ2n) is 5.65. The van der Waals surface area contributed by atoms with Gasteiger partial charge in [0.15, 0.2) is 0 Å². The van der Waals surface area contributed by atoms with Crippen molar-refractivity contribution in [2.75, 3.05) is 5.32 Å². The molecule has 0 radical (unpaired) electrons. The topological polar surface area (TPSA) is 66.4 Å². The summed E-state index contributed by atoms with van der Waals surface area (Å²) in [6.07, 6.45) is 0. The third-order valence-corrected chi connectivity index (χ3v) is 4.39. The van der Waals surface area contributed by atoms with Crippen LogP contribution in [-0.2, 0) is 0 Å². The predicted octanol–water partition coefficient (Wildman–Crippen LogP) is 5.75. The van der Waals surface area contributed by atoms with Crippen molar-refractivity contribution in [2.24, 2.45) is 0 Å². The molecule has 0 bridgehead atoms. The second-order valence-corrected chi connectivity index (χ2v) is 6.49. The molecule has 0 spiro atoms. The summed E-state index contributed by atoms with van der Waals surface area (Å²) in [6.45, 7) is 0. The number of carbonyl (C=O) groups is 2. The standard InChI is InChI=1S/C20H12Cl2FNO3/c21-13-4-8-15(17(22)10-13)12-3-7-16(20(26)27)18(9-12)24-19(25)11-1-5-14(23)6-2-11/h1-10H,(H,24,25)(H,26,27). The molecule has 0 fully saturated rings. The molecule has 3 aromatic rings. The molecular formula is C20H12Cl2FNO3. The maximum Gasteiger partial charge on any atom is 0.337 e. The molecule has 0 heterocycles. The van der Waals surface area contributed by atoms with Crippen LogP contribution in [0.4, 0.5) is 10.1 Å². The van der Waals surface area contributed by atoms with Gasteiger partial charge in [0, 0.05) is 21.2 Å². The van der Waals surface area contributed by atoms with E-state index in [9.17, 15) is 19.1 Å². The Bertz CT molecular complexity index is 1040. The van der Waals surface area contributed by atoms with Crippen molar-refractivity contribution in [1.82, 2.24) is 0 Å². The zero-order valence-corrected chi connectivity index (χ0v) is 15.2. The Kier molecular flexibility index (Phi) is 5.44. The molecule has 0 aliphatic carbocycles. The highest BCUT2D eigenvalue weighted by Crippen LogP contribution is 2.33. The first kappa shape index (κ1) is 18.9. The summed E-state index contributed by atoms with van der Waals surface area (Å²) >= 11 is 12.1. The number of benzene rings is 3. The first-order valence-electron chi connectivity index (χ1n) is 7.75. The van der Waals surface area contributed by atoms with Gasteiger partial charge in [-0.1, -0.05) is 35.3 Å². The molecule has 27 heavy (non-hydrogen) atoms. The average Bonchev–Trinajstić information content (AvgIpc) is 2.62. The van der Waals surface area contributed by atoms with Crippen molar-refractivity contribution in [3.63, 3.8) is 0 Å². The second kappa shape index (κ2) is 7.78. The minimum atomic E-state index is -1.20. The van der Waals surface area contributed by atoms with E-state index in [1.165, 1.54) is 24.3 Å². The largest absolute Gasteiger partial charge is 0.478 e. The van der Waals surface area contributed by atoms with Crippen LogP contribution in [0.25, 0.3) is 11.1 Å². The number of carboxylic acid groups (broad SMARTS) is 1. The van der Waals surface area contributed by atoms with Crippen molar-refractivity contribution in [3.8, 4) is 11.1 Å². The van der Waals surface area contributed by atoms with Gasteiger partial charge in [-0.05, 0) is 54.1 Å². The van der Waals surface area contributed by atoms with E-state index in [-0.39, 0.29) is 16.8 Å². The Morgan fingerprint density at radius 2 is 1.63 bits per heavy atom. The Balaban J connectivity index is 2.00. The van der Waals surface area contributed by atoms with Crippen LogP contribution in [0.2, 0.25) is 10.0 Å². The predicted molar refractivity (Wildman–Crippen MR) is 103 cm³/mol. The Labute approximate surface area is 164 Å². The summed E-state index contributed by atoms with van der Waals surface area (Å²) in [5, 5.41) is 12.8. The molecule has 0 aromatic heterocycles. The number of nitrogens with one attached hydrogen (secondary N) is 1. The fourth-order valence-electron chi connectivity index (χ4n) is 2.52. The van der Waals surface area contributed by atoms with Crippen LogP contribution in [0.1, 0.15) is 20.7 Å². The van der Waals surface area contributed by atoms with Gasteiger partial charge in [0.2, 0.25) is 0 Å². The van der Waals surface area contributed by atoms with Gasteiger partial charge in [-0.2, -0.15) is 0 Å². The van der Waals surface area contributed by atoms with Crippen molar-refractivity contribution in [1.29, 1.82) is 0 Å². The van der Waals surface area contributed by atoms with Gasteiger partial charge in [0.05, 0.1) is 11.3 Å². The molecule has 2 N–H and O–H groups in total. The van der Waals surface area contributed by atoms with Crippen molar-refractivity contribution < 1.29 is 19.1 Å². The Hall–Kier alpha value is -2.89. The van der Waals surface area contributed by atoms with Gasteiger partial charge >= 0.3 is 5.97 Å². The van der Waals surface area contributed by atoms with Gasteiger partial charge in [0.25, 0.3) is 5.91 Å². The third kappa shape index (κ3) is 4.27. The van der Waals surface area contributed by atoms with Crippen LogP contribution in [0.15, 0.2) is 60.7 Å². The number of anilines is 1. The summed E-state index contributed by atoms with van der Waals surface area (Å²) in [4.78, 5) is 23.9. The van der Waals surface area contributed by atoms with E-state index in [0.29, 0.717) is 21.2 Å². The quantitative estimate of drug-likeness (QED) is 0.582. The number of halogens is 3. The first-order valence-corrected chi connectivity index (χ1v) is 8.50. The molecule has 0 saturated heterocycles. The number of carbonyl (C=O) groups excluding carboxylic acids is 1. The van der Waals surface area contributed by atoms with Crippen LogP contribution < -0.4 is 5.32 Å². The number of carboxylic acids is 1. The van der Waals surface area contributed by atoms with Gasteiger partial charge in [-0.15, -0.1) is 0 Å². The molecule has 136 valence electrons. The van der Waals surface area contributed by atoms with Crippen LogP contribution >= 0.6 is 23.2 Å². The zero-order valence-electron chi connectivity index (χ0n) is 13.7. The molecule has 7 heteroatoms. The Morgan fingerprint density at radius 3 is 2.26 bits per heavy atom. The molecule has 0 unspecified atom stereocenters. The minimum Gasteiger partial charge on any atom is -0.478 e. The number of hydrogen-bond donors (Lipinski definition) is 2. The third-order valence-electron chi connectivity index (χ3n) is 3.85. The van der Waals surface area contributed by atoms with Gasteiger partial charge < -0.3 is 10.4 Å². The SMILES string of the molecule is O=C(Nc1cc(-c2ccc(Cl)cc2Cl)ccc1C(=O)O)c1ccc(F)cc1. The van der Waals surface area contributed by atoms with E-state index in [0.717, 1.165) is 12.1 Å². The maximum atomic E-state index is 13.0.